The second-order valence-corrected chi connectivity index (χ2v) is 3.44. The van der Waals surface area contributed by atoms with Gasteiger partial charge in [-0.25, -0.2) is 4.39 Å². The molecule has 0 radical (unpaired) electrons. The fourth-order valence-electron chi connectivity index (χ4n) is 1.33. The third-order valence-corrected chi connectivity index (χ3v) is 2.52. The van der Waals surface area contributed by atoms with Crippen LogP contribution in [0.25, 0.3) is 0 Å². The van der Waals surface area contributed by atoms with Crippen LogP contribution in [0.15, 0.2) is 0 Å². The summed E-state index contributed by atoms with van der Waals surface area (Å²) < 4.78 is 13.3. The average molecular weight is 250 g/mol. The Morgan fingerprint density at radius 1 is 1.12 bits per heavy atom. The first-order chi connectivity index (χ1) is 7.54. The van der Waals surface area contributed by atoms with E-state index in [1.807, 2.05) is 0 Å². The van der Waals surface area contributed by atoms with Gasteiger partial charge in [0, 0.05) is 0 Å². The molecule has 0 unspecified atom stereocenters. The second-order valence-electron chi connectivity index (χ2n) is 3.07. The van der Waals surface area contributed by atoms with Crippen molar-refractivity contribution in [2.75, 3.05) is 26.3 Å². The Morgan fingerprint density at radius 3 is 1.81 bits per heavy atom. The number of hydrogen-bond donors (Lipinski definition) is 2. The minimum absolute atomic E-state index is 0.173. The Hall–Kier alpha value is -1.12. The number of thiocarbonyl (C=S) groups is 1. The smallest absolute Gasteiger partial charge is 0.273 e. The molecule has 0 aromatic carbocycles. The van der Waals surface area contributed by atoms with E-state index in [0.717, 1.165) is 9.80 Å². The van der Waals surface area contributed by atoms with E-state index >= 15 is 0 Å². The SMILES string of the molecule is O=C1C(F)C(=O)N(CCO)C(=S)N1CCO. The molecule has 0 aromatic rings. The first-order valence-electron chi connectivity index (χ1n) is 4.57. The van der Waals surface area contributed by atoms with Gasteiger partial charge in [-0.2, -0.15) is 0 Å². The van der Waals surface area contributed by atoms with Crippen molar-refractivity contribution in [1.29, 1.82) is 0 Å². The van der Waals surface area contributed by atoms with Crippen LogP contribution in [0.5, 0.6) is 0 Å². The summed E-state index contributed by atoms with van der Waals surface area (Å²) in [5, 5.41) is 17.2. The maximum atomic E-state index is 13.3. The third kappa shape index (κ3) is 2.18. The summed E-state index contributed by atoms with van der Waals surface area (Å²) in [5.41, 5.74) is 0. The number of halogens is 1. The third-order valence-electron chi connectivity index (χ3n) is 2.07. The Bertz CT molecular complexity index is 297. The molecule has 90 valence electrons. The quantitative estimate of drug-likeness (QED) is 0.457. The molecular weight excluding hydrogens is 239 g/mol. The summed E-state index contributed by atoms with van der Waals surface area (Å²) in [6.45, 7) is -1.12. The van der Waals surface area contributed by atoms with E-state index in [2.05, 4.69) is 0 Å². The Kier molecular flexibility index (Phi) is 4.27. The lowest BCUT2D eigenvalue weighted by Crippen LogP contribution is -2.61. The predicted molar refractivity (Wildman–Crippen MR) is 55.1 cm³/mol. The minimum atomic E-state index is -2.32. The van der Waals surface area contributed by atoms with Crippen LogP contribution in [0.1, 0.15) is 0 Å². The van der Waals surface area contributed by atoms with Gasteiger partial charge in [-0.3, -0.25) is 19.4 Å². The summed E-state index contributed by atoms with van der Waals surface area (Å²) in [5.74, 6) is -2.14. The number of rotatable bonds is 4. The monoisotopic (exact) mass is 250 g/mol. The van der Waals surface area contributed by atoms with E-state index in [1.165, 1.54) is 0 Å². The van der Waals surface area contributed by atoms with Gasteiger partial charge in [0.2, 0.25) is 0 Å². The number of carbonyl (C=O) groups is 2. The van der Waals surface area contributed by atoms with Gasteiger partial charge in [-0.05, 0) is 12.2 Å². The second kappa shape index (κ2) is 5.28. The molecule has 1 fully saturated rings. The van der Waals surface area contributed by atoms with Crippen molar-refractivity contribution in [3.63, 3.8) is 0 Å². The highest BCUT2D eigenvalue weighted by Crippen LogP contribution is 2.15. The van der Waals surface area contributed by atoms with E-state index in [9.17, 15) is 14.0 Å². The standard InChI is InChI=1S/C8H11FN2O4S/c9-5-6(14)10(1-3-12)8(16)11(2-4-13)7(5)15/h5,12-13H,1-4H2. The highest BCUT2D eigenvalue weighted by molar-refractivity contribution is 7.80. The minimum Gasteiger partial charge on any atom is -0.395 e. The van der Waals surface area contributed by atoms with E-state index in [1.54, 1.807) is 0 Å². The number of alkyl halides is 1. The zero-order chi connectivity index (χ0) is 12.3. The van der Waals surface area contributed by atoms with Crippen LogP contribution < -0.4 is 0 Å². The maximum Gasteiger partial charge on any atom is 0.273 e. The normalized spacial score (nSPS) is 18.6. The van der Waals surface area contributed by atoms with Crippen LogP contribution in [-0.4, -0.2) is 69.4 Å². The van der Waals surface area contributed by atoms with Crippen molar-refractivity contribution in [3.8, 4) is 0 Å². The van der Waals surface area contributed by atoms with Gasteiger partial charge in [-0.1, -0.05) is 0 Å². The van der Waals surface area contributed by atoms with Crippen molar-refractivity contribution in [3.05, 3.63) is 0 Å². The summed E-state index contributed by atoms with van der Waals surface area (Å²) in [6.07, 6.45) is -2.32. The molecule has 6 nitrogen and oxygen atoms in total. The van der Waals surface area contributed by atoms with Gasteiger partial charge in [-0.15, -0.1) is 0 Å². The van der Waals surface area contributed by atoms with Gasteiger partial charge in [0.05, 0.1) is 26.3 Å². The zero-order valence-corrected chi connectivity index (χ0v) is 9.11. The fraction of sp³-hybridized carbons (Fsp3) is 0.625. The first-order valence-corrected chi connectivity index (χ1v) is 4.98. The lowest BCUT2D eigenvalue weighted by Gasteiger charge is -2.36. The molecule has 8 heteroatoms. The van der Waals surface area contributed by atoms with Gasteiger partial charge in [0.1, 0.15) is 0 Å². The van der Waals surface area contributed by atoms with Gasteiger partial charge in [0.25, 0.3) is 18.0 Å². The summed E-state index contributed by atoms with van der Waals surface area (Å²) in [7, 11) is 0. The number of amides is 2. The lowest BCUT2D eigenvalue weighted by atomic mass is 10.2. The largest absolute Gasteiger partial charge is 0.395 e. The van der Waals surface area contributed by atoms with Crippen molar-refractivity contribution < 1.29 is 24.2 Å². The number of nitrogens with zero attached hydrogens (tertiary/aromatic N) is 2. The van der Waals surface area contributed by atoms with Gasteiger partial charge in [0.15, 0.2) is 5.11 Å². The van der Waals surface area contributed by atoms with E-state index in [4.69, 9.17) is 22.4 Å². The molecule has 0 spiro atoms. The number of β-amino-alcohol motifs (C(OH)–C–C–N with tert-alkyl or cyclic N) is 2. The van der Waals surface area contributed by atoms with Crippen molar-refractivity contribution >= 4 is 29.1 Å². The molecule has 2 amide bonds. The number of hydrogen-bond acceptors (Lipinski definition) is 5. The van der Waals surface area contributed by atoms with E-state index in [0.29, 0.717) is 0 Å². The van der Waals surface area contributed by atoms with Gasteiger partial charge < -0.3 is 10.2 Å². The van der Waals surface area contributed by atoms with Crippen LogP contribution in [0, 0.1) is 0 Å². The Balaban J connectivity index is 2.93. The molecule has 16 heavy (non-hydrogen) atoms. The molecule has 0 aliphatic carbocycles. The number of carbonyl (C=O) groups excluding carboxylic acids is 2. The Morgan fingerprint density at radius 2 is 1.50 bits per heavy atom. The summed E-state index contributed by atoms with van der Waals surface area (Å²) in [6, 6.07) is 0. The van der Waals surface area contributed by atoms with E-state index in [-0.39, 0.29) is 31.4 Å². The highest BCUT2D eigenvalue weighted by Gasteiger charge is 2.43. The molecule has 1 heterocycles. The van der Waals surface area contributed by atoms with Crippen molar-refractivity contribution in [2.45, 2.75) is 6.17 Å². The first kappa shape index (κ1) is 12.9. The highest BCUT2D eigenvalue weighted by atomic mass is 32.1. The number of aliphatic hydroxyl groups is 2. The molecule has 0 atom stereocenters. The maximum absolute atomic E-state index is 13.3. The van der Waals surface area contributed by atoms with Crippen LogP contribution in [-0.2, 0) is 9.59 Å². The van der Waals surface area contributed by atoms with Gasteiger partial charge >= 0.3 is 0 Å². The Labute approximate surface area is 96.2 Å². The molecule has 0 aromatic heterocycles. The zero-order valence-electron chi connectivity index (χ0n) is 8.30. The molecule has 1 aliphatic rings. The average Bonchev–Trinajstić information content (AvgIpc) is 2.28. The molecule has 1 aliphatic heterocycles. The summed E-state index contributed by atoms with van der Waals surface area (Å²) in [4.78, 5) is 24.3. The lowest BCUT2D eigenvalue weighted by molar-refractivity contribution is -0.148. The molecule has 0 saturated carbocycles. The fourth-order valence-corrected chi connectivity index (χ4v) is 1.69. The molecule has 1 saturated heterocycles. The van der Waals surface area contributed by atoms with Crippen molar-refractivity contribution in [2.24, 2.45) is 0 Å². The van der Waals surface area contributed by atoms with Crippen LogP contribution in [0.3, 0.4) is 0 Å². The van der Waals surface area contributed by atoms with Crippen LogP contribution >= 0.6 is 12.2 Å². The number of aliphatic hydroxyl groups excluding tert-OH is 2. The predicted octanol–water partition coefficient (Wildman–Crippen LogP) is -1.74. The van der Waals surface area contributed by atoms with E-state index < -0.39 is 18.0 Å². The molecule has 2 N–H and O–H groups in total. The van der Waals surface area contributed by atoms with Crippen molar-refractivity contribution in [1.82, 2.24) is 9.80 Å². The van der Waals surface area contributed by atoms with Crippen LogP contribution in [0.4, 0.5) is 4.39 Å². The topological polar surface area (TPSA) is 81.1 Å². The summed E-state index contributed by atoms with van der Waals surface area (Å²) >= 11 is 4.81. The van der Waals surface area contributed by atoms with Crippen LogP contribution in [0.2, 0.25) is 0 Å². The molecule has 0 bridgehead atoms. The molecule has 1 rings (SSSR count). The molecular formula is C8H11FN2O4S.